The highest BCUT2D eigenvalue weighted by molar-refractivity contribution is 6.05. The first-order valence-electron chi connectivity index (χ1n) is 9.67. The lowest BCUT2D eigenvalue weighted by Gasteiger charge is -2.27. The van der Waals surface area contributed by atoms with Crippen molar-refractivity contribution in [2.45, 2.75) is 19.4 Å². The lowest BCUT2D eigenvalue weighted by molar-refractivity contribution is -0.130. The molecule has 3 aromatic rings. The standard InChI is InChI=1S/C21H20N6O4/c28-19-8-9-20(29)27(25-19)17-6-4-15(5-7-17)21(30)24-16-2-1-3-18(12-16)31-11-10-26-14-22-13-23-26/h1-7,12-14H,8-11H2,(H,24,30)(H,25,28). The molecule has 0 atom stereocenters. The maximum absolute atomic E-state index is 12.6. The Labute approximate surface area is 177 Å². The summed E-state index contributed by atoms with van der Waals surface area (Å²) >= 11 is 0. The van der Waals surface area contributed by atoms with E-state index in [1.54, 1.807) is 59.5 Å². The van der Waals surface area contributed by atoms with E-state index in [0.717, 1.165) is 0 Å². The van der Waals surface area contributed by atoms with Crippen LogP contribution in [-0.2, 0) is 16.1 Å². The third kappa shape index (κ3) is 5.04. The molecule has 0 radical (unpaired) electrons. The van der Waals surface area contributed by atoms with Gasteiger partial charge in [0.2, 0.25) is 11.8 Å². The van der Waals surface area contributed by atoms with Crippen LogP contribution in [-0.4, -0.2) is 39.1 Å². The molecule has 10 heteroatoms. The van der Waals surface area contributed by atoms with E-state index in [0.29, 0.717) is 35.8 Å². The normalized spacial score (nSPS) is 13.6. The maximum atomic E-state index is 12.6. The zero-order valence-corrected chi connectivity index (χ0v) is 16.5. The molecule has 0 unspecified atom stereocenters. The molecule has 1 aliphatic heterocycles. The fraction of sp³-hybridized carbons (Fsp3) is 0.190. The number of nitrogens with one attached hydrogen (secondary N) is 2. The Bertz CT molecular complexity index is 1080. The largest absolute Gasteiger partial charge is 0.492 e. The molecule has 158 valence electrons. The van der Waals surface area contributed by atoms with E-state index >= 15 is 0 Å². The van der Waals surface area contributed by atoms with E-state index in [4.69, 9.17) is 4.74 Å². The van der Waals surface area contributed by atoms with Crippen LogP contribution in [0.5, 0.6) is 5.75 Å². The number of anilines is 2. The van der Waals surface area contributed by atoms with Crippen LogP contribution in [0.1, 0.15) is 23.2 Å². The number of amides is 3. The Balaban J connectivity index is 1.35. The third-order valence-electron chi connectivity index (χ3n) is 4.59. The summed E-state index contributed by atoms with van der Waals surface area (Å²) in [5.74, 6) is -0.102. The van der Waals surface area contributed by atoms with E-state index in [2.05, 4.69) is 20.8 Å². The van der Waals surface area contributed by atoms with Crippen LogP contribution < -0.4 is 20.5 Å². The van der Waals surface area contributed by atoms with Crippen molar-refractivity contribution in [3.63, 3.8) is 0 Å². The topological polar surface area (TPSA) is 118 Å². The number of aromatic nitrogens is 3. The van der Waals surface area contributed by atoms with Gasteiger partial charge in [0.15, 0.2) is 0 Å². The van der Waals surface area contributed by atoms with E-state index in [1.165, 1.54) is 11.3 Å². The van der Waals surface area contributed by atoms with E-state index in [-0.39, 0.29) is 30.6 Å². The zero-order chi connectivity index (χ0) is 21.6. The summed E-state index contributed by atoms with van der Waals surface area (Å²) in [6.07, 6.45) is 3.41. The molecule has 0 spiro atoms. The van der Waals surface area contributed by atoms with Gasteiger partial charge >= 0.3 is 0 Å². The molecule has 1 aliphatic rings. The van der Waals surface area contributed by atoms with Gasteiger partial charge in [0.25, 0.3) is 5.91 Å². The zero-order valence-electron chi connectivity index (χ0n) is 16.5. The summed E-state index contributed by atoms with van der Waals surface area (Å²) in [5, 5.41) is 8.03. The number of hydrogen-bond donors (Lipinski definition) is 2. The summed E-state index contributed by atoms with van der Waals surface area (Å²) in [5.41, 5.74) is 4.02. The Morgan fingerprint density at radius 1 is 1.13 bits per heavy atom. The second kappa shape index (κ2) is 9.08. The summed E-state index contributed by atoms with van der Waals surface area (Å²) in [4.78, 5) is 40.0. The Hall–Kier alpha value is -4.21. The van der Waals surface area contributed by atoms with Gasteiger partial charge in [0.1, 0.15) is 25.0 Å². The lowest BCUT2D eigenvalue weighted by atomic mass is 10.1. The first kappa shape index (κ1) is 20.1. The minimum absolute atomic E-state index is 0.158. The van der Waals surface area contributed by atoms with Crippen LogP contribution >= 0.6 is 0 Å². The molecule has 1 fully saturated rings. The molecule has 3 amide bonds. The van der Waals surface area contributed by atoms with Gasteiger partial charge in [0.05, 0.1) is 12.2 Å². The molecule has 31 heavy (non-hydrogen) atoms. The Morgan fingerprint density at radius 2 is 1.97 bits per heavy atom. The minimum Gasteiger partial charge on any atom is -0.492 e. The smallest absolute Gasteiger partial charge is 0.255 e. The van der Waals surface area contributed by atoms with Crippen molar-refractivity contribution in [3.05, 3.63) is 66.7 Å². The molecule has 0 aliphatic carbocycles. The molecule has 2 N–H and O–H groups in total. The van der Waals surface area contributed by atoms with Gasteiger partial charge in [-0.3, -0.25) is 19.8 Å². The summed E-state index contributed by atoms with van der Waals surface area (Å²) in [7, 11) is 0. The highest BCUT2D eigenvalue weighted by Gasteiger charge is 2.24. The molecule has 0 bridgehead atoms. The van der Waals surface area contributed by atoms with Crippen molar-refractivity contribution >= 4 is 29.1 Å². The number of ether oxygens (including phenoxy) is 1. The Kier molecular flexibility index (Phi) is 5.88. The second-order valence-electron chi connectivity index (χ2n) is 6.80. The van der Waals surface area contributed by atoms with Crippen LogP contribution in [0.15, 0.2) is 61.2 Å². The van der Waals surface area contributed by atoms with Gasteiger partial charge in [-0.1, -0.05) is 6.07 Å². The summed E-state index contributed by atoms with van der Waals surface area (Å²) in [6.45, 7) is 0.969. The molecule has 2 aromatic carbocycles. The molecular weight excluding hydrogens is 400 g/mol. The number of carbonyl (C=O) groups excluding carboxylic acids is 3. The quantitative estimate of drug-likeness (QED) is 0.601. The SMILES string of the molecule is O=C1CCC(=O)N(c2ccc(C(=O)Nc3cccc(OCCn4cncn4)c3)cc2)N1. The van der Waals surface area contributed by atoms with Crippen molar-refractivity contribution in [1.29, 1.82) is 0 Å². The van der Waals surface area contributed by atoms with Crippen LogP contribution in [0.4, 0.5) is 11.4 Å². The second-order valence-corrected chi connectivity index (χ2v) is 6.80. The van der Waals surface area contributed by atoms with Gasteiger partial charge in [-0.25, -0.2) is 14.7 Å². The van der Waals surface area contributed by atoms with Crippen LogP contribution in [0.3, 0.4) is 0 Å². The van der Waals surface area contributed by atoms with E-state index < -0.39 is 0 Å². The average Bonchev–Trinajstić information content (AvgIpc) is 3.29. The predicted octanol–water partition coefficient (Wildman–Crippen LogP) is 1.77. The van der Waals surface area contributed by atoms with E-state index in [9.17, 15) is 14.4 Å². The van der Waals surface area contributed by atoms with E-state index in [1.807, 2.05) is 0 Å². The average molecular weight is 420 g/mol. The number of hydrogen-bond acceptors (Lipinski definition) is 6. The molecule has 4 rings (SSSR count). The number of hydrazine groups is 1. The van der Waals surface area contributed by atoms with Gasteiger partial charge in [0, 0.05) is 30.2 Å². The third-order valence-corrected chi connectivity index (χ3v) is 4.59. The molecule has 10 nitrogen and oxygen atoms in total. The van der Waals surface area contributed by atoms with Gasteiger partial charge < -0.3 is 10.1 Å². The van der Waals surface area contributed by atoms with Crippen molar-refractivity contribution in [2.75, 3.05) is 16.9 Å². The summed E-state index contributed by atoms with van der Waals surface area (Å²) in [6, 6.07) is 13.5. The fourth-order valence-electron chi connectivity index (χ4n) is 3.02. The molecular formula is C21H20N6O4. The molecule has 0 saturated carbocycles. The number of rotatable bonds is 7. The molecule has 1 aromatic heterocycles. The van der Waals surface area contributed by atoms with Crippen molar-refractivity contribution < 1.29 is 19.1 Å². The number of benzene rings is 2. The Morgan fingerprint density at radius 3 is 2.74 bits per heavy atom. The molecule has 1 saturated heterocycles. The fourth-order valence-corrected chi connectivity index (χ4v) is 3.02. The number of carbonyl (C=O) groups is 3. The van der Waals surface area contributed by atoms with Crippen molar-refractivity contribution in [3.8, 4) is 5.75 Å². The summed E-state index contributed by atoms with van der Waals surface area (Å²) < 4.78 is 7.36. The highest BCUT2D eigenvalue weighted by Crippen LogP contribution is 2.20. The van der Waals surface area contributed by atoms with Crippen LogP contribution in [0.25, 0.3) is 0 Å². The number of nitrogens with zero attached hydrogens (tertiary/aromatic N) is 4. The highest BCUT2D eigenvalue weighted by atomic mass is 16.5. The monoisotopic (exact) mass is 420 g/mol. The van der Waals surface area contributed by atoms with Gasteiger partial charge in [-0.15, -0.1) is 0 Å². The lowest BCUT2D eigenvalue weighted by Crippen LogP contribution is -2.50. The van der Waals surface area contributed by atoms with Crippen molar-refractivity contribution in [1.82, 2.24) is 20.2 Å². The first-order valence-corrected chi connectivity index (χ1v) is 9.67. The van der Waals surface area contributed by atoms with Gasteiger partial charge in [-0.05, 0) is 36.4 Å². The maximum Gasteiger partial charge on any atom is 0.255 e. The van der Waals surface area contributed by atoms with Crippen LogP contribution in [0.2, 0.25) is 0 Å². The predicted molar refractivity (Wildman–Crippen MR) is 111 cm³/mol. The van der Waals surface area contributed by atoms with Crippen molar-refractivity contribution in [2.24, 2.45) is 0 Å². The molecule has 2 heterocycles. The first-order chi connectivity index (χ1) is 15.1. The van der Waals surface area contributed by atoms with Crippen LogP contribution in [0, 0.1) is 0 Å². The van der Waals surface area contributed by atoms with Gasteiger partial charge in [-0.2, -0.15) is 5.10 Å². The minimum atomic E-state index is -0.305.